The van der Waals surface area contributed by atoms with Gasteiger partial charge in [0.1, 0.15) is 4.75 Å². The number of benzene rings is 1. The maximum atomic E-state index is 14.0. The van der Waals surface area contributed by atoms with Crippen LogP contribution in [0.1, 0.15) is 16.1 Å². The van der Waals surface area contributed by atoms with Crippen molar-refractivity contribution in [2.75, 3.05) is 5.75 Å². The number of hydrogen-bond donors (Lipinski definition) is 1. The van der Waals surface area contributed by atoms with E-state index in [0.29, 0.717) is 11.8 Å². The zero-order chi connectivity index (χ0) is 16.7. The van der Waals surface area contributed by atoms with Crippen molar-refractivity contribution in [3.8, 4) is 0 Å². The summed E-state index contributed by atoms with van der Waals surface area (Å²) in [5.74, 6) is -2.85. The standard InChI is InChI=1S/C16H13F3O3S/c17-16(18,19)15(10-5-2-1-3-6-10)13(11(20)9-23-15)14(21)12-7-4-8-22-12/h1-8,11,13,20H,9H2/t11-,13+,15-/m1/s1. The van der Waals surface area contributed by atoms with Crippen LogP contribution >= 0.6 is 11.8 Å². The molecule has 2 aromatic rings. The number of rotatable bonds is 3. The molecule has 0 radical (unpaired) electrons. The van der Waals surface area contributed by atoms with Crippen molar-refractivity contribution in [1.82, 2.24) is 0 Å². The summed E-state index contributed by atoms with van der Waals surface area (Å²) in [6.07, 6.45) is -4.89. The minimum absolute atomic E-state index is 0.0426. The molecule has 3 atom stereocenters. The smallest absolute Gasteiger partial charge is 0.408 e. The van der Waals surface area contributed by atoms with Crippen LogP contribution in [0.3, 0.4) is 0 Å². The van der Waals surface area contributed by atoms with Gasteiger partial charge in [-0.25, -0.2) is 0 Å². The van der Waals surface area contributed by atoms with Gasteiger partial charge in [0.15, 0.2) is 5.76 Å². The Kier molecular flexibility index (Phi) is 4.01. The van der Waals surface area contributed by atoms with E-state index in [2.05, 4.69) is 0 Å². The molecule has 3 nitrogen and oxygen atoms in total. The van der Waals surface area contributed by atoms with Crippen molar-refractivity contribution in [3.63, 3.8) is 0 Å². The normalized spacial score (nSPS) is 28.0. The van der Waals surface area contributed by atoms with Gasteiger partial charge in [0.25, 0.3) is 0 Å². The maximum absolute atomic E-state index is 14.0. The summed E-state index contributed by atoms with van der Waals surface area (Å²) in [5, 5.41) is 10.1. The summed E-state index contributed by atoms with van der Waals surface area (Å²) >= 11 is 0.554. The van der Waals surface area contributed by atoms with Crippen LogP contribution in [0.15, 0.2) is 53.1 Å². The van der Waals surface area contributed by atoms with Gasteiger partial charge in [-0.2, -0.15) is 13.2 Å². The van der Waals surface area contributed by atoms with Crippen LogP contribution in [0.5, 0.6) is 0 Å². The molecule has 1 fully saturated rings. The van der Waals surface area contributed by atoms with Crippen molar-refractivity contribution in [3.05, 3.63) is 60.1 Å². The number of furan rings is 1. The monoisotopic (exact) mass is 342 g/mol. The van der Waals surface area contributed by atoms with E-state index in [1.54, 1.807) is 6.07 Å². The Morgan fingerprint density at radius 1 is 1.22 bits per heavy atom. The number of thioether (sulfide) groups is 1. The molecule has 1 saturated heterocycles. The minimum Gasteiger partial charge on any atom is -0.461 e. The summed E-state index contributed by atoms with van der Waals surface area (Å²) in [6.45, 7) is 0. The number of alkyl halides is 3. The van der Waals surface area contributed by atoms with Crippen molar-refractivity contribution in [2.24, 2.45) is 5.92 Å². The van der Waals surface area contributed by atoms with E-state index in [0.717, 1.165) is 0 Å². The molecule has 0 unspecified atom stereocenters. The zero-order valence-corrected chi connectivity index (χ0v) is 12.6. The van der Waals surface area contributed by atoms with E-state index in [1.807, 2.05) is 0 Å². The molecular weight excluding hydrogens is 329 g/mol. The molecule has 2 heterocycles. The van der Waals surface area contributed by atoms with Gasteiger partial charge in [0.2, 0.25) is 5.78 Å². The van der Waals surface area contributed by atoms with Crippen molar-refractivity contribution in [1.29, 1.82) is 0 Å². The number of Topliss-reactive ketones (excluding diaryl/α,β-unsaturated/α-hetero) is 1. The lowest BCUT2D eigenvalue weighted by Crippen LogP contribution is -2.49. The molecule has 0 saturated carbocycles. The molecule has 1 aromatic heterocycles. The summed E-state index contributed by atoms with van der Waals surface area (Å²) in [6, 6.07) is 9.99. The number of halogens is 3. The summed E-state index contributed by atoms with van der Waals surface area (Å²) in [4.78, 5) is 12.6. The van der Waals surface area contributed by atoms with Crippen LogP contribution in [-0.2, 0) is 4.75 Å². The van der Waals surface area contributed by atoms with Crippen LogP contribution in [0.2, 0.25) is 0 Å². The van der Waals surface area contributed by atoms with E-state index in [-0.39, 0.29) is 17.1 Å². The molecule has 1 N–H and O–H groups in total. The first-order valence-electron chi connectivity index (χ1n) is 6.90. The number of ketones is 1. The third-order valence-electron chi connectivity index (χ3n) is 3.97. The molecular formula is C16H13F3O3S. The largest absolute Gasteiger partial charge is 0.461 e. The average Bonchev–Trinajstić information content (AvgIpc) is 3.15. The van der Waals surface area contributed by atoms with Crippen molar-refractivity contribution in [2.45, 2.75) is 17.0 Å². The Morgan fingerprint density at radius 2 is 1.91 bits per heavy atom. The molecule has 0 bridgehead atoms. The molecule has 23 heavy (non-hydrogen) atoms. The van der Waals surface area contributed by atoms with Crippen LogP contribution in [0, 0.1) is 5.92 Å². The highest BCUT2D eigenvalue weighted by Crippen LogP contribution is 2.60. The minimum atomic E-state index is -4.70. The quantitative estimate of drug-likeness (QED) is 0.865. The fourth-order valence-corrected chi connectivity index (χ4v) is 4.51. The Hall–Kier alpha value is -1.73. The lowest BCUT2D eigenvalue weighted by atomic mass is 9.78. The summed E-state index contributed by atoms with van der Waals surface area (Å²) < 4.78 is 44.5. The topological polar surface area (TPSA) is 50.4 Å². The van der Waals surface area contributed by atoms with E-state index in [9.17, 15) is 23.1 Å². The number of carbonyl (C=O) groups is 1. The first kappa shape index (κ1) is 16.1. The lowest BCUT2D eigenvalue weighted by Gasteiger charge is -2.36. The van der Waals surface area contributed by atoms with Crippen molar-refractivity contribution < 1.29 is 27.5 Å². The number of carbonyl (C=O) groups excluding carboxylic acids is 1. The molecule has 7 heteroatoms. The van der Waals surface area contributed by atoms with Gasteiger partial charge in [0.05, 0.1) is 18.3 Å². The van der Waals surface area contributed by atoms with Gasteiger partial charge in [-0.1, -0.05) is 30.3 Å². The summed E-state index contributed by atoms with van der Waals surface area (Å²) in [7, 11) is 0. The maximum Gasteiger partial charge on any atom is 0.408 e. The van der Waals surface area contributed by atoms with Crippen LogP contribution in [-0.4, -0.2) is 28.9 Å². The van der Waals surface area contributed by atoms with Gasteiger partial charge in [-0.15, -0.1) is 11.8 Å². The first-order valence-corrected chi connectivity index (χ1v) is 7.88. The van der Waals surface area contributed by atoms with Gasteiger partial charge in [-0.05, 0) is 17.7 Å². The highest BCUT2D eigenvalue weighted by atomic mass is 32.2. The molecule has 1 aromatic carbocycles. The predicted molar refractivity (Wildman–Crippen MR) is 79.2 cm³/mol. The van der Waals surface area contributed by atoms with E-state index in [1.165, 1.54) is 42.7 Å². The Balaban J connectivity index is 2.16. The van der Waals surface area contributed by atoms with E-state index < -0.39 is 28.7 Å². The zero-order valence-electron chi connectivity index (χ0n) is 11.8. The SMILES string of the molecule is O=C(c1ccco1)[C@@H]1[C@H](O)CS[C@@]1(c1ccccc1)C(F)(F)F. The second-order valence-electron chi connectivity index (χ2n) is 5.30. The van der Waals surface area contributed by atoms with Gasteiger partial charge in [0, 0.05) is 5.75 Å². The van der Waals surface area contributed by atoms with Crippen LogP contribution in [0.25, 0.3) is 0 Å². The highest BCUT2D eigenvalue weighted by Gasteiger charge is 2.68. The lowest BCUT2D eigenvalue weighted by molar-refractivity contribution is -0.175. The fraction of sp³-hybridized carbons (Fsp3) is 0.312. The molecule has 1 aliphatic heterocycles. The second kappa shape index (κ2) is 5.72. The Morgan fingerprint density at radius 3 is 2.48 bits per heavy atom. The third-order valence-corrected chi connectivity index (χ3v) is 5.66. The molecule has 1 aliphatic rings. The van der Waals surface area contributed by atoms with Gasteiger partial charge < -0.3 is 9.52 Å². The predicted octanol–water partition coefficient (Wildman–Crippen LogP) is 3.64. The molecule has 122 valence electrons. The number of aliphatic hydroxyl groups excluding tert-OH is 1. The Labute approximate surface area is 134 Å². The van der Waals surface area contributed by atoms with Gasteiger partial charge >= 0.3 is 6.18 Å². The number of hydrogen-bond acceptors (Lipinski definition) is 4. The highest BCUT2D eigenvalue weighted by molar-refractivity contribution is 8.00. The summed E-state index contributed by atoms with van der Waals surface area (Å²) in [5.41, 5.74) is -0.0426. The average molecular weight is 342 g/mol. The van der Waals surface area contributed by atoms with Crippen LogP contribution in [0.4, 0.5) is 13.2 Å². The van der Waals surface area contributed by atoms with Crippen molar-refractivity contribution >= 4 is 17.5 Å². The molecule has 0 amide bonds. The van der Waals surface area contributed by atoms with E-state index >= 15 is 0 Å². The Bertz CT molecular complexity index is 684. The molecule has 0 aliphatic carbocycles. The molecule has 3 rings (SSSR count). The van der Waals surface area contributed by atoms with Gasteiger partial charge in [-0.3, -0.25) is 4.79 Å². The fourth-order valence-electron chi connectivity index (χ4n) is 2.98. The molecule has 0 spiro atoms. The second-order valence-corrected chi connectivity index (χ2v) is 6.56. The van der Waals surface area contributed by atoms with E-state index in [4.69, 9.17) is 4.42 Å². The first-order chi connectivity index (χ1) is 10.9. The number of aliphatic hydroxyl groups is 1. The van der Waals surface area contributed by atoms with Crippen LogP contribution < -0.4 is 0 Å². The third kappa shape index (κ3) is 2.48.